The van der Waals surface area contributed by atoms with Crippen molar-refractivity contribution in [1.29, 1.82) is 0 Å². The lowest BCUT2D eigenvalue weighted by Crippen LogP contribution is -1.94. The number of aromatic hydroxyl groups is 4. The molecule has 6 aromatic rings. The van der Waals surface area contributed by atoms with Crippen LogP contribution in [0.15, 0.2) is 79.4 Å². The number of hydrogen-bond donors (Lipinski definition) is 4. The second-order valence-electron chi connectivity index (χ2n) is 8.38. The van der Waals surface area contributed by atoms with Crippen LogP contribution in [0.25, 0.3) is 58.4 Å². The van der Waals surface area contributed by atoms with Crippen molar-refractivity contribution in [3.05, 3.63) is 79.4 Å². The number of phenolic OH excluding ortho intramolecular Hbond substituents is 4. The minimum atomic E-state index is -0.735. The first-order chi connectivity index (χ1) is 17.0. The van der Waals surface area contributed by atoms with Crippen molar-refractivity contribution in [2.45, 2.75) is 6.92 Å². The first-order valence-electron chi connectivity index (χ1n) is 11.1. The van der Waals surface area contributed by atoms with Gasteiger partial charge in [0.05, 0.1) is 21.1 Å². The Morgan fingerprint density at radius 3 is 2.29 bits per heavy atom. The van der Waals surface area contributed by atoms with Crippen LogP contribution >= 0.6 is 11.3 Å². The maximum Gasteiger partial charge on any atom is 0.205 e. The first-order valence-corrected chi connectivity index (χ1v) is 11.9. The molecule has 0 aliphatic heterocycles. The summed E-state index contributed by atoms with van der Waals surface area (Å²) in [5, 5.41) is 47.1. The summed E-state index contributed by atoms with van der Waals surface area (Å²) >= 11 is 1.26. The van der Waals surface area contributed by atoms with Crippen LogP contribution in [-0.2, 0) is 0 Å². The van der Waals surface area contributed by atoms with Crippen molar-refractivity contribution in [1.82, 2.24) is 4.57 Å². The maximum absolute atomic E-state index is 10.9. The normalized spacial score (nSPS) is 12.8. The van der Waals surface area contributed by atoms with Crippen molar-refractivity contribution < 1.29 is 20.4 Å². The van der Waals surface area contributed by atoms with Crippen LogP contribution in [0.3, 0.4) is 0 Å². The topological polar surface area (TPSA) is 85.9 Å². The molecule has 5 nitrogen and oxygen atoms in total. The molecule has 2 heterocycles. The highest BCUT2D eigenvalue weighted by Crippen LogP contribution is 2.56. The average Bonchev–Trinajstić information content (AvgIpc) is 3.42. The number of rotatable bonds is 3. The Kier molecular flexibility index (Phi) is 4.56. The minimum Gasteiger partial charge on any atom is -0.504 e. The highest BCUT2D eigenvalue weighted by molar-refractivity contribution is 7.26. The van der Waals surface area contributed by atoms with E-state index in [1.54, 1.807) is 6.08 Å². The van der Waals surface area contributed by atoms with Gasteiger partial charge in [0.25, 0.3) is 0 Å². The van der Waals surface area contributed by atoms with Crippen LogP contribution in [0.4, 0.5) is 0 Å². The van der Waals surface area contributed by atoms with Gasteiger partial charge in [0.15, 0.2) is 11.5 Å². The Balaban J connectivity index is 1.99. The van der Waals surface area contributed by atoms with E-state index in [2.05, 4.69) is 35.4 Å². The minimum absolute atomic E-state index is 0.315. The van der Waals surface area contributed by atoms with Gasteiger partial charge in [0, 0.05) is 26.6 Å². The Labute approximate surface area is 204 Å². The van der Waals surface area contributed by atoms with Crippen LogP contribution in [-0.4, -0.2) is 25.0 Å². The monoisotopic (exact) mass is 479 g/mol. The predicted octanol–water partition coefficient (Wildman–Crippen LogP) is 7.74. The van der Waals surface area contributed by atoms with Gasteiger partial charge in [-0.05, 0) is 48.0 Å². The molecule has 0 saturated carbocycles. The summed E-state index contributed by atoms with van der Waals surface area (Å²) in [6, 6.07) is 16.3. The molecule has 0 amide bonds. The number of allylic oxidation sites excluding steroid dienone is 5. The fourth-order valence-electron chi connectivity index (χ4n) is 5.08. The van der Waals surface area contributed by atoms with Crippen molar-refractivity contribution in [3.63, 3.8) is 0 Å². The third-order valence-electron chi connectivity index (χ3n) is 6.48. The first kappa shape index (κ1) is 21.1. The van der Waals surface area contributed by atoms with Crippen molar-refractivity contribution in [3.8, 4) is 23.0 Å². The van der Waals surface area contributed by atoms with Crippen molar-refractivity contribution >= 4 is 69.8 Å². The number of fused-ring (bicyclic) bond motifs is 9. The number of nitrogens with zero attached hydrogens (tertiary/aromatic N) is 1. The molecule has 0 bridgehead atoms. The summed E-state index contributed by atoms with van der Waals surface area (Å²) in [4.78, 5) is 0. The second kappa shape index (κ2) is 7.55. The highest BCUT2D eigenvalue weighted by atomic mass is 32.1. The third kappa shape index (κ3) is 2.74. The summed E-state index contributed by atoms with van der Waals surface area (Å²) in [5.41, 5.74) is 2.80. The van der Waals surface area contributed by atoms with E-state index in [1.165, 1.54) is 11.3 Å². The Bertz CT molecular complexity index is 1920. The second-order valence-corrected chi connectivity index (χ2v) is 9.43. The van der Waals surface area contributed by atoms with Crippen molar-refractivity contribution in [2.75, 3.05) is 0 Å². The predicted molar refractivity (Wildman–Crippen MR) is 146 cm³/mol. The zero-order valence-electron chi connectivity index (χ0n) is 18.8. The van der Waals surface area contributed by atoms with Crippen LogP contribution in [0.1, 0.15) is 6.92 Å². The van der Waals surface area contributed by atoms with Gasteiger partial charge in [-0.1, -0.05) is 49.1 Å². The quantitative estimate of drug-likeness (QED) is 0.119. The van der Waals surface area contributed by atoms with Gasteiger partial charge in [-0.25, -0.2) is 0 Å². The lowest BCUT2D eigenvalue weighted by Gasteiger charge is -2.09. The SMILES string of the molecule is C=C/C=C(\C=C/C)n1c2ccc3ccccc3c2c2c3c(ccc21)sc1c(O)c(O)c(O)c(O)c13. The van der Waals surface area contributed by atoms with E-state index in [-0.39, 0.29) is 0 Å². The molecule has 0 atom stereocenters. The third-order valence-corrected chi connectivity index (χ3v) is 7.64. The molecule has 6 heteroatoms. The maximum atomic E-state index is 10.9. The van der Waals surface area contributed by atoms with Gasteiger partial charge in [-0.3, -0.25) is 0 Å². The molecule has 0 unspecified atom stereocenters. The largest absolute Gasteiger partial charge is 0.504 e. The molecular formula is C29H21NO4S. The fraction of sp³-hybridized carbons (Fsp3) is 0.0345. The molecule has 0 saturated heterocycles. The molecule has 0 fully saturated rings. The van der Waals surface area contributed by atoms with Gasteiger partial charge in [-0.15, -0.1) is 11.3 Å². The van der Waals surface area contributed by atoms with E-state index < -0.39 is 23.0 Å². The molecule has 4 N–H and O–H groups in total. The number of hydrogen-bond acceptors (Lipinski definition) is 5. The number of aromatic nitrogens is 1. The molecule has 0 aliphatic carbocycles. The average molecular weight is 480 g/mol. The molecule has 0 aliphatic rings. The number of thiophene rings is 1. The van der Waals surface area contributed by atoms with E-state index in [1.807, 2.05) is 49.4 Å². The summed E-state index contributed by atoms with van der Waals surface area (Å²) in [7, 11) is 0. The van der Waals surface area contributed by atoms with Crippen LogP contribution in [0.2, 0.25) is 0 Å². The Morgan fingerprint density at radius 1 is 0.800 bits per heavy atom. The molecule has 6 rings (SSSR count). The van der Waals surface area contributed by atoms with E-state index in [0.717, 1.165) is 43.0 Å². The van der Waals surface area contributed by atoms with Gasteiger partial charge < -0.3 is 25.0 Å². The fourth-order valence-corrected chi connectivity index (χ4v) is 6.23. The summed E-state index contributed by atoms with van der Waals surface area (Å²) in [5.74, 6) is -2.36. The lowest BCUT2D eigenvalue weighted by molar-refractivity contribution is 0.351. The molecule has 2 aromatic heterocycles. The van der Waals surface area contributed by atoms with Gasteiger partial charge in [0.2, 0.25) is 11.5 Å². The molecule has 172 valence electrons. The summed E-state index contributed by atoms with van der Waals surface area (Å²) in [6.07, 6.45) is 7.67. The summed E-state index contributed by atoms with van der Waals surface area (Å²) in [6.45, 7) is 5.85. The molecule has 4 aromatic carbocycles. The van der Waals surface area contributed by atoms with Crippen LogP contribution in [0, 0.1) is 0 Å². The lowest BCUT2D eigenvalue weighted by atomic mass is 10.00. The van der Waals surface area contributed by atoms with Gasteiger partial charge in [0.1, 0.15) is 0 Å². The van der Waals surface area contributed by atoms with E-state index in [0.29, 0.717) is 15.5 Å². The van der Waals surface area contributed by atoms with Crippen LogP contribution in [0.5, 0.6) is 23.0 Å². The highest BCUT2D eigenvalue weighted by Gasteiger charge is 2.26. The van der Waals surface area contributed by atoms with Gasteiger partial charge in [-0.2, -0.15) is 0 Å². The van der Waals surface area contributed by atoms with E-state index in [9.17, 15) is 20.4 Å². The van der Waals surface area contributed by atoms with E-state index >= 15 is 0 Å². The molecular weight excluding hydrogens is 458 g/mol. The van der Waals surface area contributed by atoms with Crippen LogP contribution < -0.4 is 0 Å². The number of benzene rings is 4. The van der Waals surface area contributed by atoms with E-state index in [4.69, 9.17) is 0 Å². The number of phenols is 4. The summed E-state index contributed by atoms with van der Waals surface area (Å²) < 4.78 is 3.28. The smallest absolute Gasteiger partial charge is 0.205 e. The molecule has 0 radical (unpaired) electrons. The zero-order chi connectivity index (χ0) is 24.4. The van der Waals surface area contributed by atoms with Gasteiger partial charge >= 0.3 is 0 Å². The molecule has 0 spiro atoms. The Morgan fingerprint density at radius 2 is 1.51 bits per heavy atom. The standard InChI is InChI=1S/C29H21NO4S/c1-3-7-16(8-4-2)30-18-12-11-15-9-5-6-10-17(15)21(18)22-19(30)13-14-20-23(22)24-25(31)26(32)27(33)28(34)29(24)35-20/h3-14,31-34H,1H2,2H3/b8-4-,16-7+. The van der Waals surface area contributed by atoms with Crippen molar-refractivity contribution in [2.24, 2.45) is 0 Å². The zero-order valence-corrected chi connectivity index (χ0v) is 19.6. The molecule has 35 heavy (non-hydrogen) atoms. The Hall–Kier alpha value is -4.42.